The minimum absolute atomic E-state index is 0. The molecule has 0 aliphatic heterocycles. The Labute approximate surface area is 123 Å². The van der Waals surface area contributed by atoms with Crippen molar-refractivity contribution in [1.82, 2.24) is 0 Å². The highest BCUT2D eigenvalue weighted by molar-refractivity contribution is 5.85. The van der Waals surface area contributed by atoms with E-state index in [-0.39, 0.29) is 18.0 Å². The van der Waals surface area contributed by atoms with E-state index in [9.17, 15) is 19.6 Å². The highest BCUT2D eigenvalue weighted by atomic mass is 35.5. The summed E-state index contributed by atoms with van der Waals surface area (Å²) in [5.74, 6) is -0.288. The third-order valence-electron chi connectivity index (χ3n) is 3.00. The van der Waals surface area contributed by atoms with Gasteiger partial charge >= 0.3 is 0 Å². The van der Waals surface area contributed by atoms with Crippen molar-refractivity contribution in [2.75, 3.05) is 0 Å². The second-order valence-electron chi connectivity index (χ2n) is 5.02. The van der Waals surface area contributed by atoms with E-state index in [0.29, 0.717) is 12.3 Å². The molecule has 0 aliphatic carbocycles. The summed E-state index contributed by atoms with van der Waals surface area (Å²) >= 11 is 0. The summed E-state index contributed by atoms with van der Waals surface area (Å²) in [6, 6.07) is 2.30. The normalized spacial score (nSPS) is 13.7. The fourth-order valence-corrected chi connectivity index (χ4v) is 1.85. The number of aliphatic hydroxyl groups is 1. The van der Waals surface area contributed by atoms with Crippen LogP contribution < -0.4 is 5.73 Å². The first kappa shape index (κ1) is 18.8. The molecule has 0 aromatic heterocycles. The third kappa shape index (κ3) is 5.03. The topological polar surface area (TPSA) is 89.4 Å². The van der Waals surface area contributed by atoms with Crippen molar-refractivity contribution in [3.05, 3.63) is 39.7 Å². The van der Waals surface area contributed by atoms with E-state index in [0.717, 1.165) is 18.6 Å². The zero-order valence-electron chi connectivity index (χ0n) is 11.5. The maximum atomic E-state index is 13.0. The van der Waals surface area contributed by atoms with Crippen molar-refractivity contribution in [2.45, 2.75) is 38.8 Å². The Morgan fingerprint density at radius 1 is 1.40 bits per heavy atom. The van der Waals surface area contributed by atoms with Gasteiger partial charge in [0.2, 0.25) is 0 Å². The summed E-state index contributed by atoms with van der Waals surface area (Å²) in [6.45, 7) is 4.02. The summed E-state index contributed by atoms with van der Waals surface area (Å²) in [5, 5.41) is 20.8. The van der Waals surface area contributed by atoms with Gasteiger partial charge in [0.15, 0.2) is 0 Å². The summed E-state index contributed by atoms with van der Waals surface area (Å²) in [5.41, 5.74) is 5.60. The van der Waals surface area contributed by atoms with Gasteiger partial charge in [-0.15, -0.1) is 12.4 Å². The predicted octanol–water partition coefficient (Wildman–Crippen LogP) is 2.95. The molecule has 0 fully saturated rings. The summed E-state index contributed by atoms with van der Waals surface area (Å²) < 4.78 is 13.0. The number of nitro groups is 1. The van der Waals surface area contributed by atoms with Crippen LogP contribution in [-0.4, -0.2) is 16.1 Å². The minimum atomic E-state index is -0.889. The first-order chi connectivity index (χ1) is 8.82. The molecular formula is C13H20ClFN2O3. The van der Waals surface area contributed by atoms with Crippen molar-refractivity contribution in [3.63, 3.8) is 0 Å². The Kier molecular flexibility index (Phi) is 7.63. The van der Waals surface area contributed by atoms with Crippen LogP contribution in [0.3, 0.4) is 0 Å². The number of benzene rings is 1. The molecule has 7 heteroatoms. The van der Waals surface area contributed by atoms with Gasteiger partial charge in [-0.25, -0.2) is 4.39 Å². The van der Waals surface area contributed by atoms with Crippen molar-refractivity contribution < 1.29 is 14.4 Å². The Bertz CT molecular complexity index is 457. The highest BCUT2D eigenvalue weighted by Gasteiger charge is 2.25. The van der Waals surface area contributed by atoms with E-state index < -0.39 is 28.6 Å². The molecule has 0 unspecified atom stereocenters. The number of aliphatic hydroxyl groups excluding tert-OH is 1. The molecule has 1 aromatic rings. The molecule has 0 aliphatic rings. The average Bonchev–Trinajstić information content (AvgIpc) is 2.34. The number of halogens is 2. The van der Waals surface area contributed by atoms with Gasteiger partial charge in [-0.2, -0.15) is 0 Å². The predicted molar refractivity (Wildman–Crippen MR) is 77.3 cm³/mol. The van der Waals surface area contributed by atoms with E-state index in [1.54, 1.807) is 0 Å². The molecule has 0 saturated carbocycles. The van der Waals surface area contributed by atoms with Gasteiger partial charge in [-0.3, -0.25) is 10.1 Å². The van der Waals surface area contributed by atoms with Crippen molar-refractivity contribution in [2.24, 2.45) is 11.7 Å². The molecule has 20 heavy (non-hydrogen) atoms. The van der Waals surface area contributed by atoms with Gasteiger partial charge in [-0.1, -0.05) is 13.8 Å². The maximum Gasteiger partial charge on any atom is 0.277 e. The lowest BCUT2D eigenvalue weighted by Crippen LogP contribution is -2.27. The first-order valence-corrected chi connectivity index (χ1v) is 6.20. The van der Waals surface area contributed by atoms with Crippen LogP contribution in [0.1, 0.15) is 38.3 Å². The fourth-order valence-electron chi connectivity index (χ4n) is 1.85. The van der Waals surface area contributed by atoms with Crippen LogP contribution in [0, 0.1) is 21.8 Å². The van der Waals surface area contributed by atoms with Gasteiger partial charge in [0.05, 0.1) is 23.1 Å². The monoisotopic (exact) mass is 306 g/mol. The standard InChI is InChI=1S/C13H19FN2O3.ClH/c1-8(2)3-6-12(17)13(15)10-5-4-9(14)7-11(10)16(18)19;/h4-5,7-8,12-13,17H,3,6,15H2,1-2H3;1H/t12-,13+;/m1./s1. The zero-order valence-corrected chi connectivity index (χ0v) is 12.3. The molecule has 0 heterocycles. The van der Waals surface area contributed by atoms with Gasteiger partial charge in [0, 0.05) is 5.56 Å². The molecule has 2 atom stereocenters. The smallest absolute Gasteiger partial charge is 0.277 e. The largest absolute Gasteiger partial charge is 0.391 e. The lowest BCUT2D eigenvalue weighted by atomic mass is 9.95. The van der Waals surface area contributed by atoms with Crippen LogP contribution in [0.2, 0.25) is 0 Å². The minimum Gasteiger partial charge on any atom is -0.391 e. The Morgan fingerprint density at radius 2 is 2.00 bits per heavy atom. The van der Waals surface area contributed by atoms with Crippen LogP contribution in [0.5, 0.6) is 0 Å². The SMILES string of the molecule is CC(C)CC[C@@H](O)[C@@H](N)c1ccc(F)cc1[N+](=O)[O-].Cl. The van der Waals surface area contributed by atoms with E-state index in [1.807, 2.05) is 13.8 Å². The highest BCUT2D eigenvalue weighted by Crippen LogP contribution is 2.28. The lowest BCUT2D eigenvalue weighted by molar-refractivity contribution is -0.386. The molecular weight excluding hydrogens is 287 g/mol. The number of nitrogens with two attached hydrogens (primary N) is 1. The molecule has 0 bridgehead atoms. The van der Waals surface area contributed by atoms with Gasteiger partial charge < -0.3 is 10.8 Å². The van der Waals surface area contributed by atoms with Crippen molar-refractivity contribution in [3.8, 4) is 0 Å². The van der Waals surface area contributed by atoms with E-state index in [4.69, 9.17) is 5.73 Å². The van der Waals surface area contributed by atoms with Crippen LogP contribution in [0.15, 0.2) is 18.2 Å². The van der Waals surface area contributed by atoms with Crippen molar-refractivity contribution in [1.29, 1.82) is 0 Å². The van der Waals surface area contributed by atoms with E-state index in [2.05, 4.69) is 0 Å². The Morgan fingerprint density at radius 3 is 2.50 bits per heavy atom. The summed E-state index contributed by atoms with van der Waals surface area (Å²) in [6.07, 6.45) is 0.337. The number of hydrogen-bond acceptors (Lipinski definition) is 4. The molecule has 3 N–H and O–H groups in total. The van der Waals surface area contributed by atoms with E-state index >= 15 is 0 Å². The van der Waals surface area contributed by atoms with Crippen molar-refractivity contribution >= 4 is 18.1 Å². The molecule has 1 rings (SSSR count). The second-order valence-corrected chi connectivity index (χ2v) is 5.02. The lowest BCUT2D eigenvalue weighted by Gasteiger charge is -2.20. The van der Waals surface area contributed by atoms with Crippen LogP contribution in [0.25, 0.3) is 0 Å². The van der Waals surface area contributed by atoms with Gasteiger partial charge in [0.1, 0.15) is 5.82 Å². The van der Waals surface area contributed by atoms with Gasteiger partial charge in [0.25, 0.3) is 5.69 Å². The number of hydrogen-bond donors (Lipinski definition) is 2. The molecule has 0 spiro atoms. The molecule has 0 saturated heterocycles. The third-order valence-corrected chi connectivity index (χ3v) is 3.00. The Balaban J connectivity index is 0.00000361. The fraction of sp³-hybridized carbons (Fsp3) is 0.538. The van der Waals surface area contributed by atoms with Crippen LogP contribution >= 0.6 is 12.4 Å². The molecule has 1 aromatic carbocycles. The second kappa shape index (κ2) is 8.14. The quantitative estimate of drug-likeness (QED) is 0.624. The molecule has 5 nitrogen and oxygen atoms in total. The van der Waals surface area contributed by atoms with Crippen LogP contribution in [-0.2, 0) is 0 Å². The molecule has 0 amide bonds. The maximum absolute atomic E-state index is 13.0. The summed E-state index contributed by atoms with van der Waals surface area (Å²) in [7, 11) is 0. The number of rotatable bonds is 6. The van der Waals surface area contributed by atoms with Crippen LogP contribution in [0.4, 0.5) is 10.1 Å². The van der Waals surface area contributed by atoms with E-state index in [1.165, 1.54) is 6.07 Å². The Hall–Kier alpha value is -1.24. The summed E-state index contributed by atoms with van der Waals surface area (Å²) in [4.78, 5) is 10.2. The zero-order chi connectivity index (χ0) is 14.6. The van der Waals surface area contributed by atoms with Gasteiger partial charge in [-0.05, 0) is 30.9 Å². The number of nitro benzene ring substituents is 1. The average molecular weight is 307 g/mol. The molecule has 114 valence electrons. The molecule has 0 radical (unpaired) electrons. The first-order valence-electron chi connectivity index (χ1n) is 6.20. The number of nitrogens with zero attached hydrogens (tertiary/aromatic N) is 1.